The molecule has 1 N–H and O–H groups in total. The van der Waals surface area contributed by atoms with Crippen LogP contribution in [0.5, 0.6) is 0 Å². The summed E-state index contributed by atoms with van der Waals surface area (Å²) < 4.78 is 0. The highest BCUT2D eigenvalue weighted by atomic mass is 16.5. The predicted molar refractivity (Wildman–Crippen MR) is 34.3 cm³/mol. The van der Waals surface area contributed by atoms with Crippen molar-refractivity contribution < 1.29 is 5.06 Å². The summed E-state index contributed by atoms with van der Waals surface area (Å²) in [6, 6.07) is 0. The number of rotatable bonds is 3. The van der Waals surface area contributed by atoms with E-state index in [0.717, 1.165) is 6.42 Å². The molecule has 0 saturated carbocycles. The second-order valence-electron chi connectivity index (χ2n) is 1.95. The fourth-order valence-electron chi connectivity index (χ4n) is 0.440. The van der Waals surface area contributed by atoms with Crippen LogP contribution in [0.2, 0.25) is 0 Å². The lowest BCUT2D eigenvalue weighted by Gasteiger charge is -2.19. The molecule has 0 spiro atoms. The van der Waals surface area contributed by atoms with Crippen LogP contribution in [0.4, 0.5) is 0 Å². The van der Waals surface area contributed by atoms with Gasteiger partial charge in [-0.05, 0) is 13.0 Å². The van der Waals surface area contributed by atoms with Crippen LogP contribution in [0.3, 0.4) is 0 Å². The van der Waals surface area contributed by atoms with Crippen LogP contribution < -0.4 is 5.06 Å². The second kappa shape index (κ2) is 3.64. The average molecular weight is 115 g/mol. The third-order valence-corrected chi connectivity index (χ3v) is 0.953. The highest BCUT2D eigenvalue weighted by Gasteiger charge is 1.91. The standard InChI is InChI=1S/C6H13NO/c1-4-5-7(8)6(2)3/h7H,2,4-5H2,1,3H3. The van der Waals surface area contributed by atoms with E-state index in [2.05, 4.69) is 6.58 Å². The molecule has 0 heterocycles. The van der Waals surface area contributed by atoms with Crippen molar-refractivity contribution >= 4 is 0 Å². The van der Waals surface area contributed by atoms with Gasteiger partial charge in [0.2, 0.25) is 0 Å². The summed E-state index contributed by atoms with van der Waals surface area (Å²) in [5, 5.41) is 10.8. The minimum Gasteiger partial charge on any atom is -0.629 e. The Balaban J connectivity index is 3.32. The first-order valence-electron chi connectivity index (χ1n) is 2.87. The third-order valence-electron chi connectivity index (χ3n) is 0.953. The number of nitrogens with one attached hydrogen (secondary N) is 1. The quantitative estimate of drug-likeness (QED) is 0.527. The molecule has 0 aromatic heterocycles. The van der Waals surface area contributed by atoms with Gasteiger partial charge in [0.05, 0.1) is 12.2 Å². The van der Waals surface area contributed by atoms with Crippen LogP contribution in [0.15, 0.2) is 12.3 Å². The van der Waals surface area contributed by atoms with Gasteiger partial charge in [-0.25, -0.2) is 0 Å². The van der Waals surface area contributed by atoms with Crippen molar-refractivity contribution in [3.63, 3.8) is 0 Å². The van der Waals surface area contributed by atoms with Crippen LogP contribution in [0.1, 0.15) is 20.3 Å². The zero-order valence-electron chi connectivity index (χ0n) is 5.53. The molecule has 1 unspecified atom stereocenters. The molecule has 8 heavy (non-hydrogen) atoms. The lowest BCUT2D eigenvalue weighted by Crippen LogP contribution is -3.04. The fraction of sp³-hybridized carbons (Fsp3) is 0.667. The van der Waals surface area contributed by atoms with Crippen LogP contribution in [-0.2, 0) is 0 Å². The summed E-state index contributed by atoms with van der Waals surface area (Å²) >= 11 is 0. The summed E-state index contributed by atoms with van der Waals surface area (Å²) in [5.74, 6) is 0. The monoisotopic (exact) mass is 115 g/mol. The zero-order chi connectivity index (χ0) is 6.57. The molecule has 1 atom stereocenters. The first kappa shape index (κ1) is 7.66. The van der Waals surface area contributed by atoms with Crippen molar-refractivity contribution in [2.24, 2.45) is 0 Å². The molecular formula is C6H13NO. The maximum absolute atomic E-state index is 10.6. The normalized spacial score (nSPS) is 13.4. The molecule has 0 aromatic carbocycles. The van der Waals surface area contributed by atoms with Gasteiger partial charge >= 0.3 is 0 Å². The van der Waals surface area contributed by atoms with Crippen molar-refractivity contribution in [1.29, 1.82) is 0 Å². The Morgan fingerprint density at radius 3 is 2.38 bits per heavy atom. The molecule has 0 aliphatic carbocycles. The van der Waals surface area contributed by atoms with E-state index in [0.29, 0.717) is 12.2 Å². The van der Waals surface area contributed by atoms with Gasteiger partial charge in [0.1, 0.15) is 0 Å². The molecule has 0 amide bonds. The number of quaternary nitrogens is 1. The summed E-state index contributed by atoms with van der Waals surface area (Å²) in [4.78, 5) is 0. The van der Waals surface area contributed by atoms with E-state index < -0.39 is 0 Å². The Morgan fingerprint density at radius 1 is 1.75 bits per heavy atom. The molecule has 0 radical (unpaired) electrons. The van der Waals surface area contributed by atoms with Crippen molar-refractivity contribution in [3.8, 4) is 0 Å². The van der Waals surface area contributed by atoms with Gasteiger partial charge in [-0.3, -0.25) is 0 Å². The first-order chi connectivity index (χ1) is 3.68. The van der Waals surface area contributed by atoms with Gasteiger partial charge in [0.15, 0.2) is 0 Å². The number of allylic oxidation sites excluding steroid dienone is 1. The lowest BCUT2D eigenvalue weighted by molar-refractivity contribution is -0.805. The van der Waals surface area contributed by atoms with E-state index >= 15 is 0 Å². The lowest BCUT2D eigenvalue weighted by atomic mass is 10.4. The second-order valence-corrected chi connectivity index (χ2v) is 1.95. The number of hydrogen-bond donors (Lipinski definition) is 1. The van der Waals surface area contributed by atoms with E-state index in [4.69, 9.17) is 0 Å². The smallest absolute Gasteiger partial charge is 0.0967 e. The Bertz CT molecular complexity index is 80.6. The van der Waals surface area contributed by atoms with Crippen molar-refractivity contribution in [2.75, 3.05) is 6.54 Å². The Hall–Kier alpha value is -0.340. The molecule has 0 saturated heterocycles. The van der Waals surface area contributed by atoms with Gasteiger partial charge in [-0.2, -0.15) is 0 Å². The van der Waals surface area contributed by atoms with Gasteiger partial charge in [0.25, 0.3) is 0 Å². The van der Waals surface area contributed by atoms with Gasteiger partial charge in [-0.1, -0.05) is 6.92 Å². The van der Waals surface area contributed by atoms with Crippen LogP contribution in [-0.4, -0.2) is 6.54 Å². The molecule has 0 fully saturated rings. The topological polar surface area (TPSA) is 27.5 Å². The van der Waals surface area contributed by atoms with Gasteiger partial charge in [-0.15, -0.1) is 0 Å². The predicted octanol–water partition coefficient (Wildman–Crippen LogP) is 0.313. The van der Waals surface area contributed by atoms with E-state index in [1.807, 2.05) is 6.92 Å². The number of hydroxylamine groups is 2. The summed E-state index contributed by atoms with van der Waals surface area (Å²) in [5.41, 5.74) is 0.673. The average Bonchev–Trinajstić information content (AvgIpc) is 1.67. The molecule has 2 heteroatoms. The minimum atomic E-state index is 0.188. The zero-order valence-corrected chi connectivity index (χ0v) is 5.53. The molecule has 0 aliphatic heterocycles. The van der Waals surface area contributed by atoms with Gasteiger partial charge in [0, 0.05) is 6.92 Å². The summed E-state index contributed by atoms with van der Waals surface area (Å²) in [6.07, 6.45) is 0.922. The summed E-state index contributed by atoms with van der Waals surface area (Å²) in [7, 11) is 0. The van der Waals surface area contributed by atoms with Crippen LogP contribution >= 0.6 is 0 Å². The Labute approximate surface area is 50.4 Å². The minimum absolute atomic E-state index is 0.188. The third kappa shape index (κ3) is 2.77. The van der Waals surface area contributed by atoms with Gasteiger partial charge < -0.3 is 10.3 Å². The fourth-order valence-corrected chi connectivity index (χ4v) is 0.440. The largest absolute Gasteiger partial charge is 0.629 e. The summed E-state index contributed by atoms with van der Waals surface area (Å²) in [6.45, 7) is 7.91. The molecule has 0 aromatic rings. The Kier molecular flexibility index (Phi) is 3.48. The maximum atomic E-state index is 10.6. The van der Waals surface area contributed by atoms with Crippen molar-refractivity contribution in [1.82, 2.24) is 0 Å². The molecule has 0 bridgehead atoms. The molecule has 48 valence electrons. The maximum Gasteiger partial charge on any atom is 0.0967 e. The highest BCUT2D eigenvalue weighted by Crippen LogP contribution is 1.70. The van der Waals surface area contributed by atoms with Crippen LogP contribution in [0.25, 0.3) is 0 Å². The van der Waals surface area contributed by atoms with Crippen LogP contribution in [0, 0.1) is 5.21 Å². The van der Waals surface area contributed by atoms with E-state index in [9.17, 15) is 5.21 Å². The molecular weight excluding hydrogens is 102 g/mol. The SMILES string of the molecule is C=C(C)[NH+]([O-])CCC. The Morgan fingerprint density at radius 2 is 2.25 bits per heavy atom. The molecule has 2 nitrogen and oxygen atoms in total. The first-order valence-corrected chi connectivity index (χ1v) is 2.87. The van der Waals surface area contributed by atoms with E-state index in [1.165, 1.54) is 0 Å². The van der Waals surface area contributed by atoms with E-state index in [1.54, 1.807) is 6.92 Å². The van der Waals surface area contributed by atoms with Crippen molar-refractivity contribution in [3.05, 3.63) is 17.5 Å². The van der Waals surface area contributed by atoms with Crippen molar-refractivity contribution in [2.45, 2.75) is 20.3 Å². The van der Waals surface area contributed by atoms with E-state index in [-0.39, 0.29) is 5.06 Å². The molecule has 0 rings (SSSR count). The number of hydrogen-bond acceptors (Lipinski definition) is 1. The molecule has 0 aliphatic rings. The highest BCUT2D eigenvalue weighted by molar-refractivity contribution is 4.70.